The zero-order valence-electron chi connectivity index (χ0n) is 17.5. The summed E-state index contributed by atoms with van der Waals surface area (Å²) in [7, 11) is -3.69. The van der Waals surface area contributed by atoms with Crippen molar-refractivity contribution in [1.29, 1.82) is 0 Å². The third-order valence-corrected chi connectivity index (χ3v) is 7.67. The second-order valence-electron chi connectivity index (χ2n) is 7.70. The molecule has 0 radical (unpaired) electrons. The maximum absolute atomic E-state index is 13.2. The largest absolute Gasteiger partial charge is 0.346 e. The minimum Gasteiger partial charge on any atom is -0.346 e. The molecule has 2 aromatic rings. The van der Waals surface area contributed by atoms with Gasteiger partial charge in [0.2, 0.25) is 10.0 Å². The Morgan fingerprint density at radius 3 is 2.45 bits per heavy atom. The number of amides is 2. The van der Waals surface area contributed by atoms with E-state index in [2.05, 4.69) is 10.6 Å². The summed E-state index contributed by atoms with van der Waals surface area (Å²) in [4.78, 5) is 24.6. The summed E-state index contributed by atoms with van der Waals surface area (Å²) in [6, 6.07) is 11.9. The molecule has 9 heteroatoms. The van der Waals surface area contributed by atoms with Crippen LogP contribution in [0.1, 0.15) is 29.5 Å². The Balaban J connectivity index is 1.59. The van der Waals surface area contributed by atoms with Gasteiger partial charge in [0.05, 0.1) is 4.90 Å². The maximum Gasteiger partial charge on any atom is 0.309 e. The molecule has 0 spiro atoms. The van der Waals surface area contributed by atoms with Crippen molar-refractivity contribution in [2.45, 2.75) is 44.2 Å². The minimum absolute atomic E-state index is 0.0806. The number of nitrogens with one attached hydrogen (secondary N) is 2. The van der Waals surface area contributed by atoms with E-state index < -0.39 is 27.9 Å². The van der Waals surface area contributed by atoms with Crippen LogP contribution >= 0.6 is 11.6 Å². The van der Waals surface area contributed by atoms with Gasteiger partial charge >= 0.3 is 11.8 Å². The Morgan fingerprint density at radius 2 is 1.74 bits per heavy atom. The smallest absolute Gasteiger partial charge is 0.309 e. The number of rotatable bonds is 6. The first-order chi connectivity index (χ1) is 14.7. The van der Waals surface area contributed by atoms with Crippen LogP contribution in [0.3, 0.4) is 0 Å². The van der Waals surface area contributed by atoms with Crippen molar-refractivity contribution in [3.63, 3.8) is 0 Å². The van der Waals surface area contributed by atoms with Gasteiger partial charge in [-0.2, -0.15) is 4.31 Å². The fraction of sp³-hybridized carbons (Fsp3) is 0.364. The van der Waals surface area contributed by atoms with Gasteiger partial charge < -0.3 is 10.6 Å². The highest BCUT2D eigenvalue weighted by atomic mass is 35.5. The summed E-state index contributed by atoms with van der Waals surface area (Å²) < 4.78 is 27.8. The highest BCUT2D eigenvalue weighted by molar-refractivity contribution is 7.89. The normalized spacial score (nSPS) is 16.8. The van der Waals surface area contributed by atoms with E-state index in [-0.39, 0.29) is 18.0 Å². The lowest BCUT2D eigenvalue weighted by molar-refractivity contribution is -0.139. The summed E-state index contributed by atoms with van der Waals surface area (Å²) in [5, 5.41) is 5.71. The molecule has 31 heavy (non-hydrogen) atoms. The fourth-order valence-electron chi connectivity index (χ4n) is 3.60. The van der Waals surface area contributed by atoms with Gasteiger partial charge in [0.1, 0.15) is 0 Å². The van der Waals surface area contributed by atoms with Crippen LogP contribution in [0.4, 0.5) is 0 Å². The molecule has 1 aliphatic heterocycles. The number of carbonyl (C=O) groups excluding carboxylic acids is 2. The first-order valence-corrected chi connectivity index (χ1v) is 11.9. The molecule has 1 fully saturated rings. The molecule has 2 amide bonds. The Hall–Kier alpha value is -2.42. The third kappa shape index (κ3) is 5.64. The topological polar surface area (TPSA) is 95.6 Å². The molecule has 166 valence electrons. The molecule has 1 saturated heterocycles. The van der Waals surface area contributed by atoms with Crippen LogP contribution in [0.25, 0.3) is 0 Å². The average Bonchev–Trinajstić information content (AvgIpc) is 3.22. The van der Waals surface area contributed by atoms with E-state index >= 15 is 0 Å². The van der Waals surface area contributed by atoms with Crippen molar-refractivity contribution in [3.05, 3.63) is 64.2 Å². The summed E-state index contributed by atoms with van der Waals surface area (Å²) in [5.74, 6) is -1.55. The first-order valence-electron chi connectivity index (χ1n) is 10.1. The van der Waals surface area contributed by atoms with E-state index in [4.69, 9.17) is 11.6 Å². The molecule has 0 unspecified atom stereocenters. The summed E-state index contributed by atoms with van der Waals surface area (Å²) in [6.45, 7) is 4.28. The van der Waals surface area contributed by atoms with E-state index in [0.717, 1.165) is 11.1 Å². The number of carbonyl (C=O) groups is 2. The first kappa shape index (κ1) is 23.2. The van der Waals surface area contributed by atoms with Crippen molar-refractivity contribution in [1.82, 2.24) is 14.9 Å². The standard InChI is InChI=1S/C22H26ClN3O4S/c1-15-5-6-16(2)20(12-15)31(29,30)26-11-3-4-19(26)14-25-22(28)21(27)24-13-17-7-9-18(23)10-8-17/h5-10,12,19H,3-4,11,13-14H2,1-2H3,(H,24,27)(H,25,28)/t19-/m0/s1. The maximum atomic E-state index is 13.2. The van der Waals surface area contributed by atoms with E-state index in [1.165, 1.54) is 4.31 Å². The Morgan fingerprint density at radius 1 is 1.06 bits per heavy atom. The molecular formula is C22H26ClN3O4S. The number of aryl methyl sites for hydroxylation is 2. The van der Waals surface area contributed by atoms with Crippen LogP contribution in [0.5, 0.6) is 0 Å². The summed E-state index contributed by atoms with van der Waals surface area (Å²) >= 11 is 5.83. The van der Waals surface area contributed by atoms with Crippen LogP contribution in [0, 0.1) is 13.8 Å². The van der Waals surface area contributed by atoms with Gasteiger partial charge in [-0.25, -0.2) is 8.42 Å². The quantitative estimate of drug-likeness (QED) is 0.643. The number of halogens is 1. The lowest BCUT2D eigenvalue weighted by Gasteiger charge is -2.25. The predicted octanol–water partition coefficient (Wildman–Crippen LogP) is 2.54. The van der Waals surface area contributed by atoms with Gasteiger partial charge in [-0.15, -0.1) is 0 Å². The summed E-state index contributed by atoms with van der Waals surface area (Å²) in [6.07, 6.45) is 1.32. The van der Waals surface area contributed by atoms with Gasteiger partial charge in [-0.3, -0.25) is 9.59 Å². The Kier molecular flexibility index (Phi) is 7.35. The number of nitrogens with zero attached hydrogens (tertiary/aromatic N) is 1. The minimum atomic E-state index is -3.69. The molecule has 1 heterocycles. The van der Waals surface area contributed by atoms with Gasteiger partial charge in [0.25, 0.3) is 0 Å². The highest BCUT2D eigenvalue weighted by Crippen LogP contribution is 2.28. The van der Waals surface area contributed by atoms with Gasteiger partial charge in [0, 0.05) is 30.7 Å². The lowest BCUT2D eigenvalue weighted by Crippen LogP contribution is -2.46. The fourth-order valence-corrected chi connectivity index (χ4v) is 5.73. The number of hydrogen-bond acceptors (Lipinski definition) is 4. The molecule has 1 aliphatic rings. The second-order valence-corrected chi connectivity index (χ2v) is 10.00. The van der Waals surface area contributed by atoms with Gasteiger partial charge in [0.15, 0.2) is 0 Å². The van der Waals surface area contributed by atoms with Crippen molar-refractivity contribution in [2.75, 3.05) is 13.1 Å². The Bertz CT molecular complexity index is 1070. The van der Waals surface area contributed by atoms with Crippen molar-refractivity contribution >= 4 is 33.4 Å². The zero-order chi connectivity index (χ0) is 22.6. The van der Waals surface area contributed by atoms with Crippen LogP contribution in [0.15, 0.2) is 47.4 Å². The molecule has 0 aromatic heterocycles. The molecule has 2 N–H and O–H groups in total. The van der Waals surface area contributed by atoms with Crippen LogP contribution < -0.4 is 10.6 Å². The zero-order valence-corrected chi connectivity index (χ0v) is 19.1. The van der Waals surface area contributed by atoms with Crippen molar-refractivity contribution < 1.29 is 18.0 Å². The van der Waals surface area contributed by atoms with E-state index in [9.17, 15) is 18.0 Å². The average molecular weight is 464 g/mol. The molecule has 0 aliphatic carbocycles. The number of sulfonamides is 1. The van der Waals surface area contributed by atoms with E-state index in [1.807, 2.05) is 13.0 Å². The molecule has 0 saturated carbocycles. The molecule has 2 aromatic carbocycles. The van der Waals surface area contributed by atoms with Crippen LogP contribution in [-0.4, -0.2) is 43.7 Å². The van der Waals surface area contributed by atoms with Crippen molar-refractivity contribution in [2.24, 2.45) is 0 Å². The number of benzene rings is 2. The molecule has 3 rings (SSSR count). The molecular weight excluding hydrogens is 438 g/mol. The molecule has 1 atom stereocenters. The number of hydrogen-bond donors (Lipinski definition) is 2. The monoisotopic (exact) mass is 463 g/mol. The molecule has 0 bridgehead atoms. The third-order valence-electron chi connectivity index (χ3n) is 5.32. The van der Waals surface area contributed by atoms with Gasteiger partial charge in [-0.1, -0.05) is 35.9 Å². The summed E-state index contributed by atoms with van der Waals surface area (Å²) in [5.41, 5.74) is 2.36. The Labute approximate surface area is 187 Å². The second kappa shape index (κ2) is 9.80. The lowest BCUT2D eigenvalue weighted by atomic mass is 10.2. The SMILES string of the molecule is Cc1ccc(C)c(S(=O)(=O)N2CCC[C@H]2CNC(=O)C(=O)NCc2ccc(Cl)cc2)c1. The van der Waals surface area contributed by atoms with Crippen LogP contribution in [0.2, 0.25) is 5.02 Å². The molecule has 7 nitrogen and oxygen atoms in total. The predicted molar refractivity (Wildman–Crippen MR) is 119 cm³/mol. The van der Waals surface area contributed by atoms with E-state index in [1.54, 1.807) is 43.3 Å². The van der Waals surface area contributed by atoms with Crippen LogP contribution in [-0.2, 0) is 26.2 Å². The van der Waals surface area contributed by atoms with Gasteiger partial charge in [-0.05, 0) is 61.6 Å². The van der Waals surface area contributed by atoms with Crippen molar-refractivity contribution in [3.8, 4) is 0 Å². The highest BCUT2D eigenvalue weighted by Gasteiger charge is 2.36. The van der Waals surface area contributed by atoms with E-state index in [0.29, 0.717) is 30.0 Å².